The van der Waals surface area contributed by atoms with E-state index in [-0.39, 0.29) is 22.0 Å². The van der Waals surface area contributed by atoms with Crippen molar-refractivity contribution in [2.24, 2.45) is 0 Å². The predicted octanol–water partition coefficient (Wildman–Crippen LogP) is 3.90. The quantitative estimate of drug-likeness (QED) is 0.499. The minimum absolute atomic E-state index is 0.214. The summed E-state index contributed by atoms with van der Waals surface area (Å²) in [5.41, 5.74) is 1.11. The van der Waals surface area contributed by atoms with Gasteiger partial charge < -0.3 is 5.11 Å². The van der Waals surface area contributed by atoms with Gasteiger partial charge in [0.05, 0.1) is 5.75 Å². The molecule has 0 radical (unpaired) electrons. The summed E-state index contributed by atoms with van der Waals surface area (Å²) >= 11 is 0.882. The number of thioether (sulfide) groups is 1. The zero-order chi connectivity index (χ0) is 15.9. The van der Waals surface area contributed by atoms with Gasteiger partial charge in [-0.1, -0.05) is 36.4 Å². The summed E-state index contributed by atoms with van der Waals surface area (Å²) in [4.78, 5) is 22.7. The van der Waals surface area contributed by atoms with Crippen molar-refractivity contribution in [3.63, 3.8) is 0 Å². The summed E-state index contributed by atoms with van der Waals surface area (Å²) in [7, 11) is 0. The Bertz CT molecular complexity index is 711. The number of rotatable bonds is 6. The maximum Gasteiger partial charge on any atom is 0.313 e. The van der Waals surface area contributed by atoms with Gasteiger partial charge in [-0.15, -0.1) is 11.8 Å². The molecule has 2 rings (SSSR count). The number of carboxylic acid groups (broad SMARTS) is 1. The molecule has 0 unspecified atom stereocenters. The number of carbonyl (C=O) groups excluding carboxylic acids is 1. The largest absolute Gasteiger partial charge is 0.481 e. The van der Waals surface area contributed by atoms with Crippen LogP contribution in [0.15, 0.2) is 59.5 Å². The molecule has 0 saturated heterocycles. The fraction of sp³-hybridized carbons (Fsp3) is 0.0588. The molecule has 1 N–H and O–H groups in total. The molecule has 0 aliphatic heterocycles. The summed E-state index contributed by atoms with van der Waals surface area (Å²) in [6.45, 7) is 0. The average molecular weight is 316 g/mol. The normalized spacial score (nSPS) is 10.8. The van der Waals surface area contributed by atoms with Crippen molar-refractivity contribution in [3.8, 4) is 0 Å². The fourth-order valence-electron chi connectivity index (χ4n) is 1.74. The second-order valence-electron chi connectivity index (χ2n) is 4.44. The molecular formula is C17H13FO3S. The number of benzene rings is 2. The fourth-order valence-corrected chi connectivity index (χ4v) is 2.38. The summed E-state index contributed by atoms with van der Waals surface area (Å²) in [6.07, 6.45) is 3.04. The van der Waals surface area contributed by atoms with Crippen LogP contribution >= 0.6 is 11.8 Å². The van der Waals surface area contributed by atoms with Crippen molar-refractivity contribution >= 4 is 29.6 Å². The first-order chi connectivity index (χ1) is 10.6. The SMILES string of the molecule is O=C(O)CSc1ccc(C(=O)C=Cc2ccccc2)cc1F. The highest BCUT2D eigenvalue weighted by molar-refractivity contribution is 8.00. The van der Waals surface area contributed by atoms with Crippen molar-refractivity contribution in [1.82, 2.24) is 0 Å². The third-order valence-corrected chi connectivity index (χ3v) is 3.83. The number of carbonyl (C=O) groups is 2. The first kappa shape index (κ1) is 16.0. The van der Waals surface area contributed by atoms with E-state index in [4.69, 9.17) is 5.11 Å². The Labute approximate surface area is 131 Å². The second kappa shape index (κ2) is 7.56. The molecule has 0 bridgehead atoms. The lowest BCUT2D eigenvalue weighted by Gasteiger charge is -2.03. The van der Waals surface area contributed by atoms with Gasteiger partial charge in [-0.3, -0.25) is 9.59 Å². The number of ketones is 1. The number of allylic oxidation sites excluding steroid dienone is 1. The third-order valence-electron chi connectivity index (χ3n) is 2.79. The molecule has 2 aromatic rings. The van der Waals surface area contributed by atoms with Crippen LogP contribution in [0.4, 0.5) is 4.39 Å². The van der Waals surface area contributed by atoms with Crippen molar-refractivity contribution in [3.05, 3.63) is 71.6 Å². The van der Waals surface area contributed by atoms with Crippen LogP contribution in [0.25, 0.3) is 6.08 Å². The number of hydrogen-bond donors (Lipinski definition) is 1. The summed E-state index contributed by atoms with van der Waals surface area (Å²) in [5.74, 6) is -2.14. The summed E-state index contributed by atoms with van der Waals surface area (Å²) in [6, 6.07) is 13.4. The summed E-state index contributed by atoms with van der Waals surface area (Å²) < 4.78 is 13.8. The maximum absolute atomic E-state index is 13.8. The molecule has 0 saturated carbocycles. The van der Waals surface area contributed by atoms with E-state index in [0.29, 0.717) is 0 Å². The van der Waals surface area contributed by atoms with Gasteiger partial charge in [-0.2, -0.15) is 0 Å². The first-order valence-corrected chi connectivity index (χ1v) is 7.46. The Kier molecular flexibility index (Phi) is 5.49. The Morgan fingerprint density at radius 1 is 1.14 bits per heavy atom. The van der Waals surface area contributed by atoms with E-state index in [9.17, 15) is 14.0 Å². The van der Waals surface area contributed by atoms with Crippen molar-refractivity contribution in [2.75, 3.05) is 5.75 Å². The van der Waals surface area contributed by atoms with Crippen LogP contribution in [0.1, 0.15) is 15.9 Å². The Hall–Kier alpha value is -2.40. The third kappa shape index (κ3) is 4.56. The van der Waals surface area contributed by atoms with Crippen LogP contribution in [0, 0.1) is 5.82 Å². The smallest absolute Gasteiger partial charge is 0.313 e. The lowest BCUT2D eigenvalue weighted by molar-refractivity contribution is -0.133. The van der Waals surface area contributed by atoms with Crippen molar-refractivity contribution in [1.29, 1.82) is 0 Å². The van der Waals surface area contributed by atoms with E-state index in [0.717, 1.165) is 23.4 Å². The molecule has 112 valence electrons. The molecule has 0 aromatic heterocycles. The molecule has 5 heteroatoms. The molecule has 0 amide bonds. The zero-order valence-corrected chi connectivity index (χ0v) is 12.3. The molecule has 2 aromatic carbocycles. The summed E-state index contributed by atoms with van der Waals surface area (Å²) in [5, 5.41) is 8.58. The number of aliphatic carboxylic acids is 1. The monoisotopic (exact) mass is 316 g/mol. The number of halogens is 1. The van der Waals surface area contributed by atoms with E-state index >= 15 is 0 Å². The first-order valence-electron chi connectivity index (χ1n) is 6.48. The predicted molar refractivity (Wildman–Crippen MR) is 84.6 cm³/mol. The Balaban J connectivity index is 2.09. The van der Waals surface area contributed by atoms with Gasteiger partial charge in [-0.05, 0) is 29.8 Å². The van der Waals surface area contributed by atoms with E-state index in [1.807, 2.05) is 30.3 Å². The highest BCUT2D eigenvalue weighted by Crippen LogP contribution is 2.23. The molecule has 22 heavy (non-hydrogen) atoms. The van der Waals surface area contributed by atoms with Crippen molar-refractivity contribution in [2.45, 2.75) is 4.90 Å². The van der Waals surface area contributed by atoms with Gasteiger partial charge in [0.1, 0.15) is 5.82 Å². The second-order valence-corrected chi connectivity index (χ2v) is 5.45. The molecule has 0 atom stereocenters. The lowest BCUT2D eigenvalue weighted by atomic mass is 10.1. The molecule has 0 aliphatic carbocycles. The van der Waals surface area contributed by atoms with Crippen LogP contribution in [0.5, 0.6) is 0 Å². The van der Waals surface area contributed by atoms with Gasteiger partial charge in [0.2, 0.25) is 0 Å². The minimum Gasteiger partial charge on any atom is -0.481 e. The van der Waals surface area contributed by atoms with Gasteiger partial charge in [0.15, 0.2) is 5.78 Å². The van der Waals surface area contributed by atoms with Crippen LogP contribution in [0.2, 0.25) is 0 Å². The maximum atomic E-state index is 13.8. The standard InChI is InChI=1S/C17H13FO3S/c18-14-10-13(7-9-16(14)22-11-17(20)21)15(19)8-6-12-4-2-1-3-5-12/h1-10H,11H2,(H,20,21). The molecule has 0 fully saturated rings. The Morgan fingerprint density at radius 3 is 2.50 bits per heavy atom. The van der Waals surface area contributed by atoms with Gasteiger partial charge in [-0.25, -0.2) is 4.39 Å². The van der Waals surface area contributed by atoms with Crippen LogP contribution < -0.4 is 0 Å². The van der Waals surface area contributed by atoms with Crippen molar-refractivity contribution < 1.29 is 19.1 Å². The van der Waals surface area contributed by atoms with E-state index in [2.05, 4.69) is 0 Å². The highest BCUT2D eigenvalue weighted by Gasteiger charge is 2.09. The number of hydrogen-bond acceptors (Lipinski definition) is 3. The highest BCUT2D eigenvalue weighted by atomic mass is 32.2. The van der Waals surface area contributed by atoms with Crippen LogP contribution in [-0.4, -0.2) is 22.6 Å². The zero-order valence-electron chi connectivity index (χ0n) is 11.5. The topological polar surface area (TPSA) is 54.4 Å². The number of carboxylic acids is 1. The average Bonchev–Trinajstić information content (AvgIpc) is 2.52. The minimum atomic E-state index is -1.02. The van der Waals surface area contributed by atoms with Crippen LogP contribution in [-0.2, 0) is 4.79 Å². The van der Waals surface area contributed by atoms with Gasteiger partial charge in [0.25, 0.3) is 0 Å². The molecule has 0 aliphatic rings. The van der Waals surface area contributed by atoms with E-state index in [1.54, 1.807) is 6.08 Å². The molecule has 3 nitrogen and oxygen atoms in total. The van der Waals surface area contributed by atoms with E-state index < -0.39 is 11.8 Å². The lowest BCUT2D eigenvalue weighted by Crippen LogP contribution is -2.00. The molecule has 0 spiro atoms. The van der Waals surface area contributed by atoms with Crippen LogP contribution in [0.3, 0.4) is 0 Å². The molecular weight excluding hydrogens is 303 g/mol. The van der Waals surface area contributed by atoms with Gasteiger partial charge >= 0.3 is 5.97 Å². The van der Waals surface area contributed by atoms with E-state index in [1.165, 1.54) is 18.2 Å². The van der Waals surface area contributed by atoms with Gasteiger partial charge in [0, 0.05) is 10.5 Å². The molecule has 0 heterocycles. The Morgan fingerprint density at radius 2 is 1.86 bits per heavy atom.